The number of esters is 1. The van der Waals surface area contributed by atoms with Gasteiger partial charge < -0.3 is 14.4 Å². The van der Waals surface area contributed by atoms with Gasteiger partial charge in [0.2, 0.25) is 0 Å². The molecule has 3 rings (SSSR count). The Kier molecular flexibility index (Phi) is 9.96. The molecule has 0 radical (unpaired) electrons. The summed E-state index contributed by atoms with van der Waals surface area (Å²) in [5.41, 5.74) is 5.44. The zero-order chi connectivity index (χ0) is 28.1. The molecule has 0 bridgehead atoms. The van der Waals surface area contributed by atoms with E-state index in [0.29, 0.717) is 5.41 Å². The first-order chi connectivity index (χ1) is 17.8. The normalized spacial score (nSPS) is 16.5. The van der Waals surface area contributed by atoms with E-state index < -0.39 is 11.7 Å². The quantitative estimate of drug-likeness (QED) is 0.236. The number of hydrogen-bond donors (Lipinski definition) is 0. The van der Waals surface area contributed by atoms with Gasteiger partial charge in [-0.3, -0.25) is 9.97 Å². The van der Waals surface area contributed by atoms with Gasteiger partial charge in [0.1, 0.15) is 0 Å². The van der Waals surface area contributed by atoms with Crippen LogP contribution in [0.1, 0.15) is 111 Å². The van der Waals surface area contributed by atoms with Crippen LogP contribution in [0.4, 0.5) is 5.69 Å². The van der Waals surface area contributed by atoms with Crippen LogP contribution in [0.5, 0.6) is 0 Å². The number of carbonyl (C=O) groups is 1. The molecule has 210 valence electrons. The first-order valence-electron chi connectivity index (χ1n) is 14.4. The van der Waals surface area contributed by atoms with E-state index in [0.717, 1.165) is 72.5 Å². The lowest BCUT2D eigenvalue weighted by atomic mass is 9.82. The Morgan fingerprint density at radius 2 is 1.76 bits per heavy atom. The predicted octanol–water partition coefficient (Wildman–Crippen LogP) is 7.62. The molecule has 3 heterocycles. The molecule has 0 aliphatic carbocycles. The minimum atomic E-state index is -0.879. The van der Waals surface area contributed by atoms with Crippen molar-refractivity contribution in [2.45, 2.75) is 119 Å². The van der Waals surface area contributed by atoms with E-state index in [1.165, 1.54) is 12.8 Å². The zero-order valence-corrected chi connectivity index (χ0v) is 25.2. The van der Waals surface area contributed by atoms with E-state index in [2.05, 4.69) is 37.8 Å². The van der Waals surface area contributed by atoms with Crippen LogP contribution in [-0.4, -0.2) is 40.7 Å². The number of rotatable bonds is 10. The van der Waals surface area contributed by atoms with Gasteiger partial charge in [-0.25, -0.2) is 4.79 Å². The number of aryl methyl sites for hydroxylation is 2. The van der Waals surface area contributed by atoms with Gasteiger partial charge >= 0.3 is 5.97 Å². The molecule has 1 aliphatic heterocycles. The summed E-state index contributed by atoms with van der Waals surface area (Å²) in [6.45, 7) is 20.3. The van der Waals surface area contributed by atoms with Crippen LogP contribution in [0.15, 0.2) is 24.5 Å². The molecule has 6 heteroatoms. The van der Waals surface area contributed by atoms with E-state index in [4.69, 9.17) is 19.4 Å². The third kappa shape index (κ3) is 8.02. The van der Waals surface area contributed by atoms with Gasteiger partial charge in [-0.05, 0) is 78.7 Å². The summed E-state index contributed by atoms with van der Waals surface area (Å²) in [7, 11) is 0. The van der Waals surface area contributed by atoms with Gasteiger partial charge in [0.15, 0.2) is 6.10 Å². The monoisotopic (exact) mass is 523 g/mol. The summed E-state index contributed by atoms with van der Waals surface area (Å²) < 4.78 is 12.2. The van der Waals surface area contributed by atoms with Crippen molar-refractivity contribution in [1.82, 2.24) is 9.97 Å². The van der Waals surface area contributed by atoms with E-state index in [1.54, 1.807) is 0 Å². The van der Waals surface area contributed by atoms with Crippen molar-refractivity contribution in [3.05, 3.63) is 41.5 Å². The zero-order valence-electron chi connectivity index (χ0n) is 25.2. The number of hydrogen-bond acceptors (Lipinski definition) is 6. The molecular formula is C32H49N3O3. The van der Waals surface area contributed by atoms with Crippen LogP contribution >= 0.6 is 0 Å². The highest BCUT2D eigenvalue weighted by atomic mass is 16.6. The number of piperidine rings is 1. The van der Waals surface area contributed by atoms with Crippen LogP contribution in [0.25, 0.3) is 11.1 Å². The summed E-state index contributed by atoms with van der Waals surface area (Å²) in [5, 5.41) is 0. The second kappa shape index (κ2) is 12.6. The first-order valence-corrected chi connectivity index (χ1v) is 14.4. The molecule has 6 nitrogen and oxygen atoms in total. The smallest absolute Gasteiger partial charge is 0.340 e. The van der Waals surface area contributed by atoms with Crippen LogP contribution in [0.3, 0.4) is 0 Å². The Morgan fingerprint density at radius 1 is 1.08 bits per heavy atom. The molecule has 1 fully saturated rings. The average molecular weight is 524 g/mol. The second-order valence-electron chi connectivity index (χ2n) is 12.8. The van der Waals surface area contributed by atoms with Crippen molar-refractivity contribution < 1.29 is 14.3 Å². The van der Waals surface area contributed by atoms with Crippen molar-refractivity contribution in [3.8, 4) is 11.1 Å². The lowest BCUT2D eigenvalue weighted by Crippen LogP contribution is -2.39. The van der Waals surface area contributed by atoms with Crippen LogP contribution < -0.4 is 4.90 Å². The molecule has 2 aromatic rings. The second-order valence-corrected chi connectivity index (χ2v) is 12.8. The fourth-order valence-electron chi connectivity index (χ4n) is 4.97. The highest BCUT2D eigenvalue weighted by Crippen LogP contribution is 2.43. The Balaban J connectivity index is 2.15. The molecule has 0 unspecified atom stereocenters. The maximum Gasteiger partial charge on any atom is 0.340 e. The predicted molar refractivity (Wildman–Crippen MR) is 155 cm³/mol. The number of nitrogens with zero attached hydrogens (tertiary/aromatic N) is 3. The van der Waals surface area contributed by atoms with E-state index in [9.17, 15) is 4.79 Å². The molecule has 1 aliphatic rings. The SMILES string of the molecule is CCCCCc1ccc(-c2cnc(C)c([C@H](OC(C)(C)C)C(=O)OC(C)C)c2N2CCC(C)(C)CC2)cn1. The highest BCUT2D eigenvalue weighted by Gasteiger charge is 2.37. The maximum absolute atomic E-state index is 13.5. The van der Waals surface area contributed by atoms with Gasteiger partial charge in [0.05, 0.1) is 17.4 Å². The number of aromatic nitrogens is 2. The standard InChI is InChI=1S/C32H49N3O3/c1-10-11-12-13-25-15-14-24(20-34-25)26-21-33-23(4)27(28(26)35-18-16-32(8,9)17-19-35)29(38-31(5,6)7)30(36)37-22(2)3/h14-15,20-22,29H,10-13,16-19H2,1-9H3/t29-/m0/s1. The minimum Gasteiger partial charge on any atom is -0.461 e. The summed E-state index contributed by atoms with van der Waals surface area (Å²) >= 11 is 0. The number of anilines is 1. The van der Waals surface area contributed by atoms with Crippen molar-refractivity contribution >= 4 is 11.7 Å². The minimum absolute atomic E-state index is 0.242. The molecule has 0 saturated carbocycles. The first kappa shape index (κ1) is 30.1. The molecule has 38 heavy (non-hydrogen) atoms. The van der Waals surface area contributed by atoms with Crippen LogP contribution in [-0.2, 0) is 20.7 Å². The number of pyridine rings is 2. The summed E-state index contributed by atoms with van der Waals surface area (Å²) in [5.74, 6) is -0.375. The van der Waals surface area contributed by atoms with Crippen molar-refractivity contribution in [2.75, 3.05) is 18.0 Å². The van der Waals surface area contributed by atoms with E-state index >= 15 is 0 Å². The largest absolute Gasteiger partial charge is 0.461 e. The van der Waals surface area contributed by atoms with Crippen LogP contribution in [0, 0.1) is 12.3 Å². The Bertz CT molecular complexity index is 1060. The van der Waals surface area contributed by atoms with Crippen molar-refractivity contribution in [2.24, 2.45) is 5.41 Å². The molecule has 1 atom stereocenters. The van der Waals surface area contributed by atoms with Gasteiger partial charge in [0.25, 0.3) is 0 Å². The fraction of sp³-hybridized carbons (Fsp3) is 0.656. The highest BCUT2D eigenvalue weighted by molar-refractivity contribution is 5.87. The summed E-state index contributed by atoms with van der Waals surface area (Å²) in [4.78, 5) is 25.5. The van der Waals surface area contributed by atoms with Crippen LogP contribution in [0.2, 0.25) is 0 Å². The lowest BCUT2D eigenvalue weighted by Gasteiger charge is -2.41. The Labute approximate surface area is 230 Å². The maximum atomic E-state index is 13.5. The van der Waals surface area contributed by atoms with Crippen molar-refractivity contribution in [3.63, 3.8) is 0 Å². The van der Waals surface area contributed by atoms with Gasteiger partial charge in [-0.15, -0.1) is 0 Å². The van der Waals surface area contributed by atoms with Gasteiger partial charge in [0, 0.05) is 53.6 Å². The number of unbranched alkanes of at least 4 members (excludes halogenated alkanes) is 2. The summed E-state index contributed by atoms with van der Waals surface area (Å²) in [6, 6.07) is 4.28. The third-order valence-electron chi connectivity index (χ3n) is 7.19. The van der Waals surface area contributed by atoms with E-state index in [-0.39, 0.29) is 12.1 Å². The molecule has 0 spiro atoms. The third-order valence-corrected chi connectivity index (χ3v) is 7.19. The molecular weight excluding hydrogens is 474 g/mol. The number of carbonyl (C=O) groups excluding carboxylic acids is 1. The fourth-order valence-corrected chi connectivity index (χ4v) is 4.97. The van der Waals surface area contributed by atoms with Gasteiger partial charge in [-0.1, -0.05) is 39.7 Å². The Morgan fingerprint density at radius 3 is 2.32 bits per heavy atom. The molecule has 1 saturated heterocycles. The number of ether oxygens (including phenoxy) is 2. The van der Waals surface area contributed by atoms with E-state index in [1.807, 2.05) is 53.9 Å². The molecule has 0 aromatic carbocycles. The Hall–Kier alpha value is -2.47. The molecule has 0 amide bonds. The topological polar surface area (TPSA) is 64.6 Å². The van der Waals surface area contributed by atoms with Gasteiger partial charge in [-0.2, -0.15) is 0 Å². The summed E-state index contributed by atoms with van der Waals surface area (Å²) in [6.07, 6.45) is 9.47. The average Bonchev–Trinajstić information content (AvgIpc) is 2.82. The molecule has 2 aromatic heterocycles. The van der Waals surface area contributed by atoms with Crippen molar-refractivity contribution in [1.29, 1.82) is 0 Å². The lowest BCUT2D eigenvalue weighted by molar-refractivity contribution is -0.171. The molecule has 0 N–H and O–H groups in total.